The van der Waals surface area contributed by atoms with Crippen LogP contribution in [0.3, 0.4) is 0 Å². The summed E-state index contributed by atoms with van der Waals surface area (Å²) in [6.07, 6.45) is 6.97. The Hall–Kier alpha value is -1.10. The largest absolute Gasteiger partial charge is 0.479 e. The molecule has 4 bridgehead atoms. The van der Waals surface area contributed by atoms with Gasteiger partial charge in [-0.3, -0.25) is 4.79 Å². The minimum Gasteiger partial charge on any atom is -0.479 e. The molecule has 1 atom stereocenters. The minimum atomic E-state index is -1.38. The van der Waals surface area contributed by atoms with Crippen molar-refractivity contribution in [1.82, 2.24) is 5.32 Å². The Bertz CT molecular complexity index is 399. The molecule has 118 valence electrons. The van der Waals surface area contributed by atoms with Gasteiger partial charge in [-0.25, -0.2) is 4.79 Å². The van der Waals surface area contributed by atoms with Crippen LogP contribution in [0.2, 0.25) is 0 Å². The number of rotatable bonds is 6. The highest BCUT2D eigenvalue weighted by atomic mass is 16.4. The maximum Gasteiger partial charge on any atom is 0.332 e. The van der Waals surface area contributed by atoms with Crippen LogP contribution in [0.25, 0.3) is 0 Å². The Morgan fingerprint density at radius 2 is 1.62 bits per heavy atom. The van der Waals surface area contributed by atoms with Gasteiger partial charge in [-0.1, -0.05) is 0 Å². The third kappa shape index (κ3) is 3.23. The van der Waals surface area contributed by atoms with Crippen molar-refractivity contribution in [3.05, 3.63) is 0 Å². The van der Waals surface area contributed by atoms with Crippen LogP contribution in [0.5, 0.6) is 0 Å². The van der Waals surface area contributed by atoms with Crippen LogP contribution in [0.1, 0.15) is 51.4 Å². The van der Waals surface area contributed by atoms with Crippen molar-refractivity contribution < 1.29 is 19.8 Å². The predicted molar refractivity (Wildman–Crippen MR) is 76.5 cm³/mol. The predicted octanol–water partition coefficient (Wildman–Crippen LogP) is 1.54. The lowest BCUT2D eigenvalue weighted by Crippen LogP contribution is -2.48. The van der Waals surface area contributed by atoms with Crippen molar-refractivity contribution in [3.63, 3.8) is 0 Å². The molecule has 5 nitrogen and oxygen atoms in total. The zero-order valence-electron chi connectivity index (χ0n) is 12.4. The summed E-state index contributed by atoms with van der Waals surface area (Å²) in [6, 6.07) is 0. The number of nitrogens with one attached hydrogen (secondary N) is 1. The first-order valence-electron chi connectivity index (χ1n) is 8.13. The van der Waals surface area contributed by atoms with Crippen molar-refractivity contribution in [2.45, 2.75) is 57.5 Å². The third-order valence-corrected chi connectivity index (χ3v) is 5.73. The highest BCUT2D eigenvalue weighted by molar-refractivity contribution is 5.77. The Morgan fingerprint density at radius 3 is 2.10 bits per heavy atom. The van der Waals surface area contributed by atoms with E-state index in [0.29, 0.717) is 6.42 Å². The first kappa shape index (κ1) is 14.8. The van der Waals surface area contributed by atoms with Gasteiger partial charge in [0.05, 0.1) is 0 Å². The third-order valence-electron chi connectivity index (χ3n) is 5.73. The fourth-order valence-electron chi connectivity index (χ4n) is 5.38. The number of aliphatic carboxylic acids is 1. The van der Waals surface area contributed by atoms with E-state index in [2.05, 4.69) is 5.32 Å². The fraction of sp³-hybridized carbons (Fsp3) is 0.875. The summed E-state index contributed by atoms with van der Waals surface area (Å²) < 4.78 is 0. The smallest absolute Gasteiger partial charge is 0.332 e. The van der Waals surface area contributed by atoms with Crippen molar-refractivity contribution in [1.29, 1.82) is 0 Å². The number of aliphatic hydroxyl groups excluding tert-OH is 1. The van der Waals surface area contributed by atoms with Crippen LogP contribution in [-0.2, 0) is 9.59 Å². The molecule has 4 aliphatic carbocycles. The molecule has 5 heteroatoms. The Kier molecular flexibility index (Phi) is 3.95. The number of carbonyl (C=O) groups excluding carboxylic acids is 1. The van der Waals surface area contributed by atoms with Crippen LogP contribution >= 0.6 is 0 Å². The molecule has 1 unspecified atom stereocenters. The number of hydrogen-bond donors (Lipinski definition) is 3. The van der Waals surface area contributed by atoms with E-state index in [1.807, 2.05) is 0 Å². The normalized spacial score (nSPS) is 38.2. The van der Waals surface area contributed by atoms with Crippen molar-refractivity contribution >= 4 is 11.9 Å². The summed E-state index contributed by atoms with van der Waals surface area (Å²) in [5.41, 5.74) is 0.213. The van der Waals surface area contributed by atoms with E-state index in [4.69, 9.17) is 5.11 Å². The van der Waals surface area contributed by atoms with Gasteiger partial charge >= 0.3 is 5.97 Å². The van der Waals surface area contributed by atoms with Gasteiger partial charge in [0, 0.05) is 19.4 Å². The monoisotopic (exact) mass is 295 g/mol. The van der Waals surface area contributed by atoms with Gasteiger partial charge in [0.1, 0.15) is 0 Å². The second kappa shape index (κ2) is 5.59. The van der Waals surface area contributed by atoms with Gasteiger partial charge in [-0.2, -0.15) is 0 Å². The molecule has 0 spiro atoms. The quantitative estimate of drug-likeness (QED) is 0.694. The fourth-order valence-corrected chi connectivity index (χ4v) is 5.38. The molecule has 4 saturated carbocycles. The molecule has 0 saturated heterocycles. The maximum atomic E-state index is 12.1. The maximum absolute atomic E-state index is 12.1. The van der Waals surface area contributed by atoms with Gasteiger partial charge in [0.2, 0.25) is 5.91 Å². The van der Waals surface area contributed by atoms with E-state index in [1.54, 1.807) is 0 Å². The Labute approximate surface area is 125 Å². The lowest BCUT2D eigenvalue weighted by Gasteiger charge is -2.56. The number of carboxylic acid groups (broad SMARTS) is 1. The number of hydrogen-bond acceptors (Lipinski definition) is 3. The molecule has 4 rings (SSSR count). The van der Waals surface area contributed by atoms with Crippen LogP contribution in [0, 0.1) is 23.2 Å². The molecule has 1 amide bonds. The SMILES string of the molecule is O=C(CC12CC3CC(CC(C3)C1)C2)NCCC(O)C(=O)O. The van der Waals surface area contributed by atoms with E-state index in [1.165, 1.54) is 38.5 Å². The summed E-state index contributed by atoms with van der Waals surface area (Å²) in [7, 11) is 0. The first-order valence-corrected chi connectivity index (χ1v) is 8.13. The minimum absolute atomic E-state index is 0.0227. The van der Waals surface area contributed by atoms with Gasteiger partial charge < -0.3 is 15.5 Å². The molecule has 0 aromatic heterocycles. The molecule has 0 aliphatic heterocycles. The summed E-state index contributed by atoms with van der Waals surface area (Å²) >= 11 is 0. The van der Waals surface area contributed by atoms with Gasteiger partial charge in [-0.15, -0.1) is 0 Å². The Balaban J connectivity index is 1.48. The van der Waals surface area contributed by atoms with E-state index < -0.39 is 12.1 Å². The van der Waals surface area contributed by atoms with Gasteiger partial charge in [0.25, 0.3) is 0 Å². The van der Waals surface area contributed by atoms with Gasteiger partial charge in [0.15, 0.2) is 6.10 Å². The first-order chi connectivity index (χ1) is 9.96. The second-order valence-corrected chi connectivity index (χ2v) is 7.59. The molecular weight excluding hydrogens is 270 g/mol. The summed E-state index contributed by atoms with van der Waals surface area (Å²) in [4.78, 5) is 22.6. The molecule has 21 heavy (non-hydrogen) atoms. The lowest BCUT2D eigenvalue weighted by molar-refractivity contribution is -0.147. The molecule has 4 fully saturated rings. The second-order valence-electron chi connectivity index (χ2n) is 7.59. The average molecular weight is 295 g/mol. The van der Waals surface area contributed by atoms with E-state index in [9.17, 15) is 14.7 Å². The highest BCUT2D eigenvalue weighted by Gasteiger charge is 2.51. The average Bonchev–Trinajstić information content (AvgIpc) is 2.35. The molecular formula is C16H25NO4. The molecule has 0 radical (unpaired) electrons. The molecule has 3 N–H and O–H groups in total. The highest BCUT2D eigenvalue weighted by Crippen LogP contribution is 2.61. The van der Waals surface area contributed by atoms with Gasteiger partial charge in [-0.05, 0) is 61.7 Å². The lowest BCUT2D eigenvalue weighted by atomic mass is 9.49. The molecule has 0 aromatic carbocycles. The van der Waals surface area contributed by atoms with Crippen LogP contribution in [-0.4, -0.2) is 34.7 Å². The number of carboxylic acids is 1. The molecule has 0 heterocycles. The number of aliphatic hydroxyl groups is 1. The van der Waals surface area contributed by atoms with E-state index >= 15 is 0 Å². The van der Waals surface area contributed by atoms with Crippen molar-refractivity contribution in [3.8, 4) is 0 Å². The van der Waals surface area contributed by atoms with Crippen LogP contribution in [0.4, 0.5) is 0 Å². The van der Waals surface area contributed by atoms with E-state index in [-0.39, 0.29) is 24.3 Å². The summed E-state index contributed by atoms with van der Waals surface area (Å²) in [6.45, 7) is 0.235. The summed E-state index contributed by atoms with van der Waals surface area (Å²) in [5.74, 6) is 1.29. The van der Waals surface area contributed by atoms with E-state index in [0.717, 1.165) is 17.8 Å². The zero-order valence-corrected chi connectivity index (χ0v) is 12.4. The summed E-state index contributed by atoms with van der Waals surface area (Å²) in [5, 5.41) is 20.6. The molecule has 0 aromatic rings. The zero-order chi connectivity index (χ0) is 15.0. The van der Waals surface area contributed by atoms with Crippen molar-refractivity contribution in [2.24, 2.45) is 23.2 Å². The molecule has 4 aliphatic rings. The van der Waals surface area contributed by atoms with Crippen molar-refractivity contribution in [2.75, 3.05) is 6.54 Å². The number of amides is 1. The standard InChI is InChI=1S/C16H25NO4/c18-13(15(20)21)1-2-17-14(19)9-16-6-10-3-11(7-16)5-12(4-10)8-16/h10-13,18H,1-9H2,(H,17,19)(H,20,21). The Morgan fingerprint density at radius 1 is 1.10 bits per heavy atom. The van der Waals surface area contributed by atoms with Crippen LogP contribution in [0.15, 0.2) is 0 Å². The number of carbonyl (C=O) groups is 2. The topological polar surface area (TPSA) is 86.6 Å². The van der Waals surface area contributed by atoms with Crippen LogP contribution < -0.4 is 5.32 Å².